The summed E-state index contributed by atoms with van der Waals surface area (Å²) in [6, 6.07) is 0. The van der Waals surface area contributed by atoms with Crippen molar-refractivity contribution < 1.29 is 9.66 Å². The molecule has 0 aliphatic carbocycles. The summed E-state index contributed by atoms with van der Waals surface area (Å²) in [5, 5.41) is 14.7. The molecule has 84 valence electrons. The molecule has 0 saturated heterocycles. The number of hydrogen-bond acceptors (Lipinski definition) is 5. The zero-order valence-electron chi connectivity index (χ0n) is 8.77. The van der Waals surface area contributed by atoms with Crippen LogP contribution in [0.5, 0.6) is 5.88 Å². The Bertz CT molecular complexity index is 361. The van der Waals surface area contributed by atoms with Gasteiger partial charge in [0, 0.05) is 6.54 Å². The molecule has 0 unspecified atom stereocenters. The Labute approximate surface area is 87.0 Å². The van der Waals surface area contributed by atoms with Gasteiger partial charge in [0.1, 0.15) is 5.69 Å². The van der Waals surface area contributed by atoms with Gasteiger partial charge in [-0.3, -0.25) is 14.8 Å². The van der Waals surface area contributed by atoms with Crippen LogP contribution in [0, 0.1) is 17.0 Å². The van der Waals surface area contributed by atoms with Crippen molar-refractivity contribution >= 4 is 5.69 Å². The molecule has 0 saturated carbocycles. The molecule has 0 amide bonds. The lowest BCUT2D eigenvalue weighted by Gasteiger charge is -2.00. The lowest BCUT2D eigenvalue weighted by Crippen LogP contribution is -2.08. The lowest BCUT2D eigenvalue weighted by molar-refractivity contribution is -0.386. The van der Waals surface area contributed by atoms with Gasteiger partial charge in [0.15, 0.2) is 0 Å². The van der Waals surface area contributed by atoms with E-state index in [0.29, 0.717) is 18.8 Å². The molecule has 0 radical (unpaired) electrons. The van der Waals surface area contributed by atoms with Crippen LogP contribution in [0.2, 0.25) is 0 Å². The molecule has 0 bridgehead atoms. The molecule has 1 aromatic heterocycles. The molecule has 7 nitrogen and oxygen atoms in total. The third-order valence-corrected chi connectivity index (χ3v) is 2.09. The summed E-state index contributed by atoms with van der Waals surface area (Å²) in [6.45, 7) is 2.73. The molecular weight excluding hydrogens is 200 g/mol. The van der Waals surface area contributed by atoms with E-state index in [0.717, 1.165) is 6.42 Å². The molecule has 1 aromatic rings. The highest BCUT2D eigenvalue weighted by Gasteiger charge is 2.25. The highest BCUT2D eigenvalue weighted by molar-refractivity contribution is 5.45. The van der Waals surface area contributed by atoms with E-state index in [4.69, 9.17) is 10.5 Å². The fraction of sp³-hybridized carbons (Fsp3) is 0.625. The standard InChI is InChI=1S/C8H14N4O3/c1-6-7(12(13)14)8(15-2)10-11(6)5-3-4-9/h3-5,9H2,1-2H3. The first-order chi connectivity index (χ1) is 7.11. The predicted molar refractivity (Wildman–Crippen MR) is 53.8 cm³/mol. The summed E-state index contributed by atoms with van der Waals surface area (Å²) < 4.78 is 6.39. The predicted octanol–water partition coefficient (Wildman–Crippen LogP) is 0.457. The van der Waals surface area contributed by atoms with E-state index in [1.807, 2.05) is 0 Å². The van der Waals surface area contributed by atoms with Gasteiger partial charge in [-0.15, -0.1) is 5.10 Å². The van der Waals surface area contributed by atoms with Gasteiger partial charge >= 0.3 is 11.6 Å². The van der Waals surface area contributed by atoms with Gasteiger partial charge in [-0.25, -0.2) is 0 Å². The Morgan fingerprint density at radius 3 is 2.73 bits per heavy atom. The molecule has 1 heterocycles. The minimum atomic E-state index is -0.486. The van der Waals surface area contributed by atoms with E-state index in [2.05, 4.69) is 5.10 Å². The summed E-state index contributed by atoms with van der Waals surface area (Å²) >= 11 is 0. The first kappa shape index (κ1) is 11.4. The molecule has 0 atom stereocenters. The maximum atomic E-state index is 10.7. The normalized spacial score (nSPS) is 10.3. The number of nitrogens with two attached hydrogens (primary N) is 1. The fourth-order valence-corrected chi connectivity index (χ4v) is 1.32. The zero-order chi connectivity index (χ0) is 11.4. The Morgan fingerprint density at radius 2 is 2.33 bits per heavy atom. The zero-order valence-corrected chi connectivity index (χ0v) is 8.77. The number of aromatic nitrogens is 2. The molecule has 1 rings (SSSR count). The number of hydrogen-bond donors (Lipinski definition) is 1. The van der Waals surface area contributed by atoms with Crippen molar-refractivity contribution in [2.24, 2.45) is 5.73 Å². The van der Waals surface area contributed by atoms with Crippen LogP contribution in [-0.2, 0) is 6.54 Å². The van der Waals surface area contributed by atoms with Crippen LogP contribution in [0.4, 0.5) is 5.69 Å². The van der Waals surface area contributed by atoms with Crippen LogP contribution in [0.3, 0.4) is 0 Å². The van der Waals surface area contributed by atoms with Crippen molar-refractivity contribution in [1.29, 1.82) is 0 Å². The molecule has 15 heavy (non-hydrogen) atoms. The van der Waals surface area contributed by atoms with E-state index in [1.165, 1.54) is 7.11 Å². The molecule has 2 N–H and O–H groups in total. The minimum Gasteiger partial charge on any atom is -0.475 e. The second-order valence-electron chi connectivity index (χ2n) is 3.07. The molecule has 7 heteroatoms. The van der Waals surface area contributed by atoms with E-state index < -0.39 is 4.92 Å². The highest BCUT2D eigenvalue weighted by Crippen LogP contribution is 2.29. The van der Waals surface area contributed by atoms with Gasteiger partial charge in [0.25, 0.3) is 0 Å². The second-order valence-corrected chi connectivity index (χ2v) is 3.07. The van der Waals surface area contributed by atoms with E-state index in [9.17, 15) is 10.1 Å². The minimum absolute atomic E-state index is 0.0505. The maximum absolute atomic E-state index is 10.7. The van der Waals surface area contributed by atoms with Crippen molar-refractivity contribution in [2.45, 2.75) is 19.9 Å². The summed E-state index contributed by atoms with van der Waals surface area (Å²) in [5.41, 5.74) is 5.77. The summed E-state index contributed by atoms with van der Waals surface area (Å²) in [5.74, 6) is 0.0505. The summed E-state index contributed by atoms with van der Waals surface area (Å²) in [7, 11) is 1.36. The first-order valence-corrected chi connectivity index (χ1v) is 4.57. The summed E-state index contributed by atoms with van der Waals surface area (Å²) in [4.78, 5) is 10.3. The third kappa shape index (κ3) is 2.24. The van der Waals surface area contributed by atoms with Gasteiger partial charge in [0.05, 0.1) is 12.0 Å². The quantitative estimate of drug-likeness (QED) is 0.567. The lowest BCUT2D eigenvalue weighted by atomic mass is 10.3. The van der Waals surface area contributed by atoms with Crippen LogP contribution < -0.4 is 10.5 Å². The fourth-order valence-electron chi connectivity index (χ4n) is 1.32. The average molecular weight is 214 g/mol. The van der Waals surface area contributed by atoms with Crippen molar-refractivity contribution in [2.75, 3.05) is 13.7 Å². The number of nitro groups is 1. The molecule has 0 aliphatic rings. The number of aryl methyl sites for hydroxylation is 1. The number of nitrogens with zero attached hydrogens (tertiary/aromatic N) is 3. The van der Waals surface area contributed by atoms with Gasteiger partial charge in [-0.1, -0.05) is 0 Å². The number of ether oxygens (including phenoxy) is 1. The average Bonchev–Trinajstić information content (AvgIpc) is 2.52. The molecule has 0 aliphatic heterocycles. The van der Waals surface area contributed by atoms with Crippen molar-refractivity contribution in [3.05, 3.63) is 15.8 Å². The van der Waals surface area contributed by atoms with Crippen LogP contribution >= 0.6 is 0 Å². The van der Waals surface area contributed by atoms with Crippen LogP contribution in [0.15, 0.2) is 0 Å². The van der Waals surface area contributed by atoms with Crippen molar-refractivity contribution in [3.63, 3.8) is 0 Å². The highest BCUT2D eigenvalue weighted by atomic mass is 16.6. The van der Waals surface area contributed by atoms with Gasteiger partial charge in [-0.05, 0) is 19.9 Å². The maximum Gasteiger partial charge on any atom is 0.352 e. The van der Waals surface area contributed by atoms with Gasteiger partial charge in [-0.2, -0.15) is 0 Å². The molecule has 0 aromatic carbocycles. The first-order valence-electron chi connectivity index (χ1n) is 4.57. The number of methoxy groups -OCH3 is 1. The topological polar surface area (TPSA) is 96.2 Å². The SMILES string of the molecule is COc1nn(CCCN)c(C)c1[N+](=O)[O-]. The largest absolute Gasteiger partial charge is 0.475 e. The third-order valence-electron chi connectivity index (χ3n) is 2.09. The van der Waals surface area contributed by atoms with Crippen molar-refractivity contribution in [1.82, 2.24) is 9.78 Å². The second kappa shape index (κ2) is 4.74. The smallest absolute Gasteiger partial charge is 0.352 e. The Morgan fingerprint density at radius 1 is 1.67 bits per heavy atom. The van der Waals surface area contributed by atoms with E-state index in [-0.39, 0.29) is 11.6 Å². The van der Waals surface area contributed by atoms with Crippen LogP contribution in [0.25, 0.3) is 0 Å². The number of rotatable bonds is 5. The van der Waals surface area contributed by atoms with E-state index >= 15 is 0 Å². The molecular formula is C8H14N4O3. The Hall–Kier alpha value is -1.63. The summed E-state index contributed by atoms with van der Waals surface area (Å²) in [6.07, 6.45) is 0.725. The van der Waals surface area contributed by atoms with Crippen LogP contribution in [0.1, 0.15) is 12.1 Å². The van der Waals surface area contributed by atoms with Gasteiger partial charge < -0.3 is 10.5 Å². The molecule has 0 fully saturated rings. The van der Waals surface area contributed by atoms with Gasteiger partial charge in [0.2, 0.25) is 0 Å². The monoisotopic (exact) mass is 214 g/mol. The molecule has 0 spiro atoms. The van der Waals surface area contributed by atoms with Crippen molar-refractivity contribution in [3.8, 4) is 5.88 Å². The Balaban J connectivity index is 3.04. The van der Waals surface area contributed by atoms with Crippen LogP contribution in [-0.4, -0.2) is 28.4 Å². The Kier molecular flexibility index (Phi) is 3.62. The van der Waals surface area contributed by atoms with E-state index in [1.54, 1.807) is 11.6 Å².